The monoisotopic (exact) mass is 739 g/mol. The van der Waals surface area contributed by atoms with Crippen LogP contribution in [0.5, 0.6) is 0 Å². The number of aromatic nitrogens is 3. The number of benzene rings is 9. The van der Waals surface area contributed by atoms with E-state index in [2.05, 4.69) is 214 Å². The highest BCUT2D eigenvalue weighted by Crippen LogP contribution is 2.47. The Morgan fingerprint density at radius 1 is 0.310 bits per heavy atom. The average molecular weight is 740 g/mol. The van der Waals surface area contributed by atoms with Gasteiger partial charge >= 0.3 is 0 Å². The summed E-state index contributed by atoms with van der Waals surface area (Å²) in [5, 5.41) is 9.48. The highest BCUT2D eigenvalue weighted by atomic mass is 16.3. The standard InChI is InChI=1S/C54H33N3O/c1-3-15-35(16-4-1)55-46-23-11-7-19-38(46)43-31-34(27-29-49(43)55)42-33-45-40-21-10-14-26-51(40)58-54(45)53-52(42)41-22-9-13-25-48(41)57(53)37-28-30-50-44(32-37)39-20-8-12-24-47(39)56(50)36-17-5-2-6-18-36/h1-33H. The molecule has 0 aliphatic heterocycles. The van der Waals surface area contributed by atoms with Gasteiger partial charge in [0.2, 0.25) is 0 Å². The molecule has 0 bridgehead atoms. The van der Waals surface area contributed by atoms with Crippen LogP contribution >= 0.6 is 0 Å². The number of hydrogen-bond donors (Lipinski definition) is 0. The van der Waals surface area contributed by atoms with Gasteiger partial charge in [-0.2, -0.15) is 0 Å². The summed E-state index contributed by atoms with van der Waals surface area (Å²) in [6.45, 7) is 0. The quantitative estimate of drug-likeness (QED) is 0.177. The second-order valence-corrected chi connectivity index (χ2v) is 15.3. The molecule has 0 unspecified atom stereocenters. The first-order chi connectivity index (χ1) is 28.8. The smallest absolute Gasteiger partial charge is 0.160 e. The van der Waals surface area contributed by atoms with Crippen LogP contribution in [0, 0.1) is 0 Å². The van der Waals surface area contributed by atoms with Crippen LogP contribution in [0.1, 0.15) is 0 Å². The molecule has 270 valence electrons. The van der Waals surface area contributed by atoms with E-state index in [1.165, 1.54) is 65.5 Å². The minimum atomic E-state index is 0.885. The van der Waals surface area contributed by atoms with Crippen molar-refractivity contribution in [3.05, 3.63) is 200 Å². The number of fused-ring (bicyclic) bond motifs is 13. The van der Waals surface area contributed by atoms with E-state index in [0.29, 0.717) is 0 Å². The minimum Gasteiger partial charge on any atom is -0.454 e. The fraction of sp³-hybridized carbons (Fsp3) is 0. The van der Waals surface area contributed by atoms with Crippen molar-refractivity contribution in [1.82, 2.24) is 13.7 Å². The summed E-state index contributed by atoms with van der Waals surface area (Å²) in [5.41, 5.74) is 14.5. The molecule has 0 fully saturated rings. The van der Waals surface area contributed by atoms with Crippen molar-refractivity contribution in [3.8, 4) is 28.2 Å². The van der Waals surface area contributed by atoms with Crippen LogP contribution in [0.15, 0.2) is 205 Å². The topological polar surface area (TPSA) is 27.9 Å². The van der Waals surface area contributed by atoms with Gasteiger partial charge in [0, 0.05) is 60.2 Å². The predicted molar refractivity (Wildman–Crippen MR) is 242 cm³/mol. The van der Waals surface area contributed by atoms with Crippen molar-refractivity contribution in [2.75, 3.05) is 0 Å². The maximum absolute atomic E-state index is 6.92. The van der Waals surface area contributed by atoms with Gasteiger partial charge in [0.15, 0.2) is 5.58 Å². The van der Waals surface area contributed by atoms with Gasteiger partial charge in [-0.15, -0.1) is 0 Å². The summed E-state index contributed by atoms with van der Waals surface area (Å²) in [7, 11) is 0. The van der Waals surface area contributed by atoms with Gasteiger partial charge in [-0.3, -0.25) is 0 Å². The van der Waals surface area contributed by atoms with E-state index in [1.54, 1.807) is 0 Å². The van der Waals surface area contributed by atoms with Crippen LogP contribution in [0.3, 0.4) is 0 Å². The zero-order valence-electron chi connectivity index (χ0n) is 31.3. The van der Waals surface area contributed by atoms with Gasteiger partial charge in [-0.25, -0.2) is 0 Å². The Kier molecular flexibility index (Phi) is 6.41. The lowest BCUT2D eigenvalue weighted by Crippen LogP contribution is -1.96. The minimum absolute atomic E-state index is 0.885. The normalized spacial score (nSPS) is 12.1. The molecule has 4 nitrogen and oxygen atoms in total. The third-order valence-electron chi connectivity index (χ3n) is 12.2. The first kappa shape index (κ1) is 31.4. The van der Waals surface area contributed by atoms with Crippen molar-refractivity contribution < 1.29 is 4.42 Å². The summed E-state index contributed by atoms with van der Waals surface area (Å²) >= 11 is 0. The Morgan fingerprint density at radius 3 is 1.47 bits per heavy atom. The van der Waals surface area contributed by atoms with Gasteiger partial charge in [-0.1, -0.05) is 115 Å². The molecule has 0 N–H and O–H groups in total. The molecular weight excluding hydrogens is 707 g/mol. The number of hydrogen-bond acceptors (Lipinski definition) is 1. The summed E-state index contributed by atoms with van der Waals surface area (Å²) in [5.74, 6) is 0. The Hall–Kier alpha value is -7.82. The lowest BCUT2D eigenvalue weighted by Gasteiger charge is -2.12. The van der Waals surface area contributed by atoms with Crippen LogP contribution in [-0.2, 0) is 0 Å². The number of furan rings is 1. The molecule has 58 heavy (non-hydrogen) atoms. The zero-order chi connectivity index (χ0) is 37.9. The van der Waals surface area contributed by atoms with Gasteiger partial charge < -0.3 is 18.1 Å². The Bertz CT molecular complexity index is 3790. The van der Waals surface area contributed by atoms with Crippen LogP contribution in [0.25, 0.3) is 116 Å². The molecule has 13 aromatic rings. The highest BCUT2D eigenvalue weighted by Gasteiger charge is 2.24. The number of rotatable bonds is 4. The fourth-order valence-corrected chi connectivity index (χ4v) is 9.78. The Morgan fingerprint density at radius 2 is 0.810 bits per heavy atom. The molecule has 4 aromatic heterocycles. The summed E-state index contributed by atoms with van der Waals surface area (Å²) in [6.07, 6.45) is 0. The third kappa shape index (κ3) is 4.29. The first-order valence-electron chi connectivity index (χ1n) is 19.9. The van der Waals surface area contributed by atoms with E-state index in [4.69, 9.17) is 4.42 Å². The highest BCUT2D eigenvalue weighted by molar-refractivity contribution is 6.27. The summed E-state index contributed by atoms with van der Waals surface area (Å²) in [4.78, 5) is 0. The molecule has 0 spiro atoms. The van der Waals surface area contributed by atoms with Crippen molar-refractivity contribution in [2.24, 2.45) is 0 Å². The van der Waals surface area contributed by atoms with E-state index in [1.807, 2.05) is 0 Å². The largest absolute Gasteiger partial charge is 0.454 e. The van der Waals surface area contributed by atoms with Crippen LogP contribution in [-0.4, -0.2) is 13.7 Å². The molecule has 0 saturated heterocycles. The molecule has 4 heteroatoms. The van der Waals surface area contributed by atoms with E-state index < -0.39 is 0 Å². The van der Waals surface area contributed by atoms with Crippen LogP contribution < -0.4 is 0 Å². The lowest BCUT2D eigenvalue weighted by molar-refractivity contribution is 0.671. The average Bonchev–Trinajstić information content (AvgIpc) is 4.03. The van der Waals surface area contributed by atoms with Crippen molar-refractivity contribution in [3.63, 3.8) is 0 Å². The molecule has 9 aromatic carbocycles. The van der Waals surface area contributed by atoms with E-state index in [0.717, 1.165) is 50.0 Å². The maximum Gasteiger partial charge on any atom is 0.160 e. The molecule has 0 radical (unpaired) electrons. The van der Waals surface area contributed by atoms with E-state index >= 15 is 0 Å². The molecule has 0 atom stereocenters. The summed E-state index contributed by atoms with van der Waals surface area (Å²) in [6, 6.07) is 72.4. The maximum atomic E-state index is 6.92. The van der Waals surface area contributed by atoms with Crippen LogP contribution in [0.2, 0.25) is 0 Å². The molecule has 13 rings (SSSR count). The van der Waals surface area contributed by atoms with Gasteiger partial charge in [-0.05, 0) is 96.1 Å². The zero-order valence-corrected chi connectivity index (χ0v) is 31.3. The van der Waals surface area contributed by atoms with E-state index in [-0.39, 0.29) is 0 Å². The SMILES string of the molecule is c1ccc(-n2c3ccccc3c3cc(-c4cc5c6ccccc6oc5c5c4c4ccccc4n5-c4ccc5c(c4)c4ccccc4n5-c4ccccc4)ccc32)cc1. The van der Waals surface area contributed by atoms with Crippen molar-refractivity contribution in [2.45, 2.75) is 0 Å². The van der Waals surface area contributed by atoms with Gasteiger partial charge in [0.25, 0.3) is 0 Å². The summed E-state index contributed by atoms with van der Waals surface area (Å²) < 4.78 is 14.1. The van der Waals surface area contributed by atoms with Crippen molar-refractivity contribution >= 4 is 87.4 Å². The Balaban J connectivity index is 1.15. The molecule has 0 saturated carbocycles. The molecule has 0 aliphatic carbocycles. The molecule has 0 amide bonds. The molecular formula is C54H33N3O. The second kappa shape index (κ2) is 11.8. The lowest BCUT2D eigenvalue weighted by atomic mass is 9.95. The van der Waals surface area contributed by atoms with Crippen LogP contribution in [0.4, 0.5) is 0 Å². The predicted octanol–water partition coefficient (Wildman–Crippen LogP) is 14.5. The number of para-hydroxylation sites is 6. The van der Waals surface area contributed by atoms with E-state index in [9.17, 15) is 0 Å². The second-order valence-electron chi connectivity index (χ2n) is 15.3. The number of nitrogens with zero attached hydrogens (tertiary/aromatic N) is 3. The van der Waals surface area contributed by atoms with Gasteiger partial charge in [0.1, 0.15) is 5.58 Å². The van der Waals surface area contributed by atoms with Gasteiger partial charge in [0.05, 0.1) is 33.1 Å². The van der Waals surface area contributed by atoms with Crippen molar-refractivity contribution in [1.29, 1.82) is 0 Å². The Labute approximate surface area is 332 Å². The molecule has 0 aliphatic rings. The first-order valence-corrected chi connectivity index (χ1v) is 19.9. The third-order valence-corrected chi connectivity index (χ3v) is 12.2. The molecule has 4 heterocycles. The fourth-order valence-electron chi connectivity index (χ4n) is 9.78.